The van der Waals surface area contributed by atoms with Gasteiger partial charge in [-0.05, 0) is 74.2 Å². The summed E-state index contributed by atoms with van der Waals surface area (Å²) in [5, 5.41) is 9.62. The summed E-state index contributed by atoms with van der Waals surface area (Å²) in [6.07, 6.45) is 6.13. The maximum atomic E-state index is 4.81. The number of para-hydroxylation sites is 2. The summed E-state index contributed by atoms with van der Waals surface area (Å²) >= 11 is 0. The molecule has 6 nitrogen and oxygen atoms in total. The maximum absolute atomic E-state index is 4.81. The summed E-state index contributed by atoms with van der Waals surface area (Å²) in [5.41, 5.74) is 3.47. The van der Waals surface area contributed by atoms with Crippen molar-refractivity contribution in [1.29, 1.82) is 0 Å². The van der Waals surface area contributed by atoms with Crippen LogP contribution in [0.4, 0.5) is 11.8 Å². The molecule has 1 fully saturated rings. The van der Waals surface area contributed by atoms with Crippen LogP contribution in [0, 0.1) is 5.92 Å². The molecule has 2 aromatic carbocycles. The van der Waals surface area contributed by atoms with E-state index in [0.29, 0.717) is 6.04 Å². The van der Waals surface area contributed by atoms with Gasteiger partial charge < -0.3 is 20.5 Å². The van der Waals surface area contributed by atoms with Gasteiger partial charge in [-0.25, -0.2) is 4.98 Å². The lowest BCUT2D eigenvalue weighted by molar-refractivity contribution is 0.316. The van der Waals surface area contributed by atoms with Gasteiger partial charge in [-0.3, -0.25) is 0 Å². The fraction of sp³-hybridized carbons (Fsp3) is 0.429. The third-order valence-corrected chi connectivity index (χ3v) is 6.82. The van der Waals surface area contributed by atoms with Crippen LogP contribution in [0.2, 0.25) is 0 Å². The highest BCUT2D eigenvalue weighted by atomic mass is 15.2. The first-order valence-electron chi connectivity index (χ1n) is 12.1. The van der Waals surface area contributed by atoms with E-state index in [1.165, 1.54) is 48.7 Å². The monoisotopic (exact) mass is 458 g/mol. The standard InChI is InChI=1S/C27H34N6.CH4/c1-33(2)26-23-8-4-6-10-25(23)31-27(32-26)30-21-13-11-19(12-14-21)15-16-28-18-22-17-20-7-3-5-9-24(20)29-22;/h3-10,17,19,21,28-29H,11-16,18H2,1-2H3,(H,30,31,32);1H4. The molecule has 0 aliphatic heterocycles. The van der Waals surface area contributed by atoms with Gasteiger partial charge in [-0.15, -0.1) is 0 Å². The van der Waals surface area contributed by atoms with Gasteiger partial charge >= 0.3 is 0 Å². The van der Waals surface area contributed by atoms with Crippen molar-refractivity contribution in [3.8, 4) is 0 Å². The zero-order chi connectivity index (χ0) is 22.6. The third-order valence-electron chi connectivity index (χ3n) is 6.82. The Morgan fingerprint density at radius 1 is 0.971 bits per heavy atom. The predicted molar refractivity (Wildman–Crippen MR) is 145 cm³/mol. The predicted octanol–water partition coefficient (Wildman–Crippen LogP) is 5.96. The molecule has 0 amide bonds. The van der Waals surface area contributed by atoms with E-state index in [4.69, 9.17) is 9.97 Å². The van der Waals surface area contributed by atoms with Gasteiger partial charge in [-0.2, -0.15) is 4.98 Å². The molecule has 180 valence electrons. The van der Waals surface area contributed by atoms with E-state index in [1.807, 2.05) is 26.2 Å². The van der Waals surface area contributed by atoms with E-state index < -0.39 is 0 Å². The number of anilines is 2. The SMILES string of the molecule is C.CN(C)c1nc(NC2CCC(CCNCc3cc4ccccc4[nH]3)CC2)nc2ccccc12. The van der Waals surface area contributed by atoms with E-state index in [1.54, 1.807) is 0 Å². The molecule has 6 heteroatoms. The smallest absolute Gasteiger partial charge is 0.225 e. The number of hydrogen-bond donors (Lipinski definition) is 3. The zero-order valence-electron chi connectivity index (χ0n) is 19.6. The van der Waals surface area contributed by atoms with E-state index in [9.17, 15) is 0 Å². The number of hydrogen-bond acceptors (Lipinski definition) is 5. The Morgan fingerprint density at radius 2 is 1.74 bits per heavy atom. The highest BCUT2D eigenvalue weighted by molar-refractivity contribution is 5.90. The Kier molecular flexibility index (Phi) is 7.68. The summed E-state index contributed by atoms with van der Waals surface area (Å²) in [6, 6.07) is 19.4. The van der Waals surface area contributed by atoms with Crippen LogP contribution in [0.1, 0.15) is 45.2 Å². The summed E-state index contributed by atoms with van der Waals surface area (Å²) in [7, 11) is 4.08. The molecule has 2 aromatic heterocycles. The molecular weight excluding hydrogens is 420 g/mol. The number of H-pyrrole nitrogens is 1. The first kappa shape index (κ1) is 24.0. The van der Waals surface area contributed by atoms with Gasteiger partial charge in [0.2, 0.25) is 5.95 Å². The van der Waals surface area contributed by atoms with Crippen LogP contribution in [-0.4, -0.2) is 41.6 Å². The van der Waals surface area contributed by atoms with Crippen LogP contribution >= 0.6 is 0 Å². The van der Waals surface area contributed by atoms with E-state index >= 15 is 0 Å². The van der Waals surface area contributed by atoms with Gasteiger partial charge in [0.1, 0.15) is 5.82 Å². The summed E-state index contributed by atoms with van der Waals surface area (Å²) in [6.45, 7) is 1.97. The lowest BCUT2D eigenvalue weighted by atomic mass is 9.84. The number of benzene rings is 2. The number of rotatable bonds is 8. The van der Waals surface area contributed by atoms with Crippen molar-refractivity contribution in [2.75, 3.05) is 30.9 Å². The summed E-state index contributed by atoms with van der Waals surface area (Å²) in [5.74, 6) is 2.52. The highest BCUT2D eigenvalue weighted by Gasteiger charge is 2.22. The van der Waals surface area contributed by atoms with Crippen LogP contribution in [0.15, 0.2) is 54.6 Å². The molecule has 0 atom stereocenters. The Bertz CT molecular complexity index is 1170. The van der Waals surface area contributed by atoms with Crippen molar-refractivity contribution in [1.82, 2.24) is 20.3 Å². The molecule has 2 heterocycles. The van der Waals surface area contributed by atoms with Gasteiger partial charge in [0.25, 0.3) is 0 Å². The molecule has 0 unspecified atom stereocenters. The fourth-order valence-corrected chi connectivity index (χ4v) is 5.00. The Hall–Kier alpha value is -3.12. The summed E-state index contributed by atoms with van der Waals surface area (Å²) < 4.78 is 0. The number of nitrogens with one attached hydrogen (secondary N) is 3. The second-order valence-electron chi connectivity index (χ2n) is 9.49. The zero-order valence-corrected chi connectivity index (χ0v) is 19.6. The lowest BCUT2D eigenvalue weighted by Gasteiger charge is -2.29. The molecule has 3 N–H and O–H groups in total. The number of fused-ring (bicyclic) bond motifs is 2. The molecule has 1 aliphatic rings. The number of aromatic amines is 1. The van der Waals surface area contributed by atoms with Crippen LogP contribution in [-0.2, 0) is 6.54 Å². The molecule has 34 heavy (non-hydrogen) atoms. The van der Waals surface area contributed by atoms with Crippen LogP contribution < -0.4 is 15.5 Å². The molecule has 0 radical (unpaired) electrons. The van der Waals surface area contributed by atoms with Gasteiger partial charge in [0.15, 0.2) is 0 Å². The molecule has 0 bridgehead atoms. The lowest BCUT2D eigenvalue weighted by Crippen LogP contribution is -2.28. The quantitative estimate of drug-likeness (QED) is 0.284. The van der Waals surface area contributed by atoms with Crippen molar-refractivity contribution in [2.45, 2.75) is 52.1 Å². The highest BCUT2D eigenvalue weighted by Crippen LogP contribution is 2.29. The van der Waals surface area contributed by atoms with Crippen molar-refractivity contribution >= 4 is 33.6 Å². The Labute approximate surface area is 203 Å². The first-order chi connectivity index (χ1) is 16.2. The van der Waals surface area contributed by atoms with E-state index in [0.717, 1.165) is 41.7 Å². The summed E-state index contributed by atoms with van der Waals surface area (Å²) in [4.78, 5) is 15.1. The van der Waals surface area contributed by atoms with Crippen LogP contribution in [0.25, 0.3) is 21.8 Å². The van der Waals surface area contributed by atoms with Crippen molar-refractivity contribution in [3.05, 3.63) is 60.3 Å². The van der Waals surface area contributed by atoms with Gasteiger partial charge in [0, 0.05) is 43.3 Å². The molecule has 4 aromatic rings. The van der Waals surface area contributed by atoms with Gasteiger partial charge in [0.05, 0.1) is 5.52 Å². The molecule has 1 saturated carbocycles. The second-order valence-corrected chi connectivity index (χ2v) is 9.49. The molecule has 0 spiro atoms. The van der Waals surface area contributed by atoms with Crippen LogP contribution in [0.5, 0.6) is 0 Å². The number of nitrogens with zero attached hydrogens (tertiary/aromatic N) is 3. The second kappa shape index (κ2) is 10.9. The molecule has 5 rings (SSSR count). The van der Waals surface area contributed by atoms with Crippen molar-refractivity contribution in [3.63, 3.8) is 0 Å². The Balaban J connectivity index is 0.00000274. The van der Waals surface area contributed by atoms with E-state index in [2.05, 4.69) is 63.0 Å². The Morgan fingerprint density at radius 3 is 2.53 bits per heavy atom. The van der Waals surface area contributed by atoms with E-state index in [-0.39, 0.29) is 7.43 Å². The minimum absolute atomic E-state index is 0. The third kappa shape index (κ3) is 5.50. The van der Waals surface area contributed by atoms with Crippen molar-refractivity contribution in [2.24, 2.45) is 5.92 Å². The average Bonchev–Trinajstić information content (AvgIpc) is 3.25. The van der Waals surface area contributed by atoms with Gasteiger partial charge in [-0.1, -0.05) is 37.8 Å². The largest absolute Gasteiger partial charge is 0.362 e. The molecular formula is C28H38N6. The fourth-order valence-electron chi connectivity index (χ4n) is 5.00. The number of aromatic nitrogens is 3. The minimum Gasteiger partial charge on any atom is -0.362 e. The maximum Gasteiger partial charge on any atom is 0.225 e. The normalized spacial score (nSPS) is 18.1. The molecule has 1 aliphatic carbocycles. The first-order valence-corrected chi connectivity index (χ1v) is 12.1. The minimum atomic E-state index is 0. The molecule has 0 saturated heterocycles. The van der Waals surface area contributed by atoms with Crippen molar-refractivity contribution < 1.29 is 0 Å². The average molecular weight is 459 g/mol. The topological polar surface area (TPSA) is 68.9 Å². The van der Waals surface area contributed by atoms with Crippen LogP contribution in [0.3, 0.4) is 0 Å².